The molecule has 0 N–H and O–H groups in total. The van der Waals surface area contributed by atoms with Crippen molar-refractivity contribution >= 4 is 18.5 Å². The second kappa shape index (κ2) is 5.67. The van der Waals surface area contributed by atoms with E-state index in [1.54, 1.807) is 0 Å². The summed E-state index contributed by atoms with van der Waals surface area (Å²) in [5, 5.41) is 8.46. The number of hydrogen-bond donors (Lipinski definition) is 0. The van der Waals surface area contributed by atoms with Gasteiger partial charge in [0.15, 0.2) is 7.38 Å². The molecule has 0 radical (unpaired) electrons. The summed E-state index contributed by atoms with van der Waals surface area (Å²) < 4.78 is 0. The number of nitrogens with zero attached hydrogens (tertiary/aromatic N) is 1. The lowest BCUT2D eigenvalue weighted by Crippen LogP contribution is -2.34. The molecule has 0 aliphatic heterocycles. The number of hydrogen-bond acceptors (Lipinski definition) is 1. The van der Waals surface area contributed by atoms with E-state index in [4.69, 9.17) is 16.3 Å². The Morgan fingerprint density at radius 2 is 1.69 bits per heavy atom. The second-order valence-corrected chi connectivity index (χ2v) is 11.0. The Morgan fingerprint density at radius 3 is 2.00 bits per heavy atom. The third kappa shape index (κ3) is 3.70. The fourth-order valence-corrected chi connectivity index (χ4v) is 5.29. The maximum Gasteiger partial charge on any atom is 0.161 e. The zero-order valence-corrected chi connectivity index (χ0v) is 10.9. The summed E-state index contributed by atoms with van der Waals surface area (Å²) >= 11 is 6.67. The topological polar surface area (TPSA) is 23.8 Å². The van der Waals surface area contributed by atoms with Gasteiger partial charge < -0.3 is 0 Å². The average molecular weight is 218 g/mol. The van der Waals surface area contributed by atoms with Crippen molar-refractivity contribution in [1.82, 2.24) is 0 Å². The zero-order chi connectivity index (χ0) is 10.5. The lowest BCUT2D eigenvalue weighted by atomic mass is 10.4. The molecule has 0 aromatic rings. The highest BCUT2D eigenvalue weighted by molar-refractivity contribution is 7.21. The summed E-state index contributed by atoms with van der Waals surface area (Å²) in [7, 11) is -1.62. The molecule has 0 aliphatic carbocycles. The molecule has 3 heteroatoms. The van der Waals surface area contributed by atoms with Gasteiger partial charge in [-0.25, -0.2) is 0 Å². The first kappa shape index (κ1) is 13.0. The molecule has 76 valence electrons. The van der Waals surface area contributed by atoms with Crippen molar-refractivity contribution < 1.29 is 0 Å². The standard InChI is InChI=1S/C10H20ClNSi/c1-9(2)13(11,10(3)4)8-6-5-7-12/h9-10H,5-6,8H2,1-4H3. The van der Waals surface area contributed by atoms with Gasteiger partial charge in [0.25, 0.3) is 0 Å². The largest absolute Gasteiger partial charge is 0.198 e. The fraction of sp³-hybridized carbons (Fsp3) is 0.900. The van der Waals surface area contributed by atoms with E-state index in [0.717, 1.165) is 12.5 Å². The van der Waals surface area contributed by atoms with Gasteiger partial charge in [-0.05, 0) is 23.5 Å². The molecular weight excluding hydrogens is 198 g/mol. The SMILES string of the molecule is CC(C)[Si](Cl)(CCCC#N)C(C)C. The molecule has 0 atom stereocenters. The van der Waals surface area contributed by atoms with Crippen molar-refractivity contribution in [2.24, 2.45) is 0 Å². The van der Waals surface area contributed by atoms with E-state index in [1.165, 1.54) is 0 Å². The van der Waals surface area contributed by atoms with Crippen LogP contribution in [0.1, 0.15) is 40.5 Å². The first-order valence-corrected chi connectivity index (χ1v) is 8.38. The van der Waals surface area contributed by atoms with Crippen LogP contribution in [-0.2, 0) is 0 Å². The molecule has 0 spiro atoms. The maximum atomic E-state index is 8.46. The van der Waals surface area contributed by atoms with Crippen molar-refractivity contribution in [3.63, 3.8) is 0 Å². The van der Waals surface area contributed by atoms with Gasteiger partial charge in [-0.15, -0.1) is 0 Å². The lowest BCUT2D eigenvalue weighted by Gasteiger charge is -2.32. The van der Waals surface area contributed by atoms with E-state index >= 15 is 0 Å². The number of unbranched alkanes of at least 4 members (excludes halogenated alkanes) is 1. The molecular formula is C10H20ClNSi. The van der Waals surface area contributed by atoms with Gasteiger partial charge in [-0.1, -0.05) is 27.7 Å². The van der Waals surface area contributed by atoms with Gasteiger partial charge in [-0.3, -0.25) is 0 Å². The van der Waals surface area contributed by atoms with Crippen molar-refractivity contribution in [3.8, 4) is 6.07 Å². The summed E-state index contributed by atoms with van der Waals surface area (Å²) in [6.45, 7) is 8.86. The van der Waals surface area contributed by atoms with Crippen molar-refractivity contribution in [3.05, 3.63) is 0 Å². The van der Waals surface area contributed by atoms with Crippen molar-refractivity contribution in [2.75, 3.05) is 0 Å². The van der Waals surface area contributed by atoms with Crippen LogP contribution in [0.15, 0.2) is 0 Å². The zero-order valence-electron chi connectivity index (χ0n) is 9.10. The summed E-state index contributed by atoms with van der Waals surface area (Å²) in [4.78, 5) is 0. The summed E-state index contributed by atoms with van der Waals surface area (Å²) in [5.74, 6) is 0. The van der Waals surface area contributed by atoms with Crippen LogP contribution in [0.5, 0.6) is 0 Å². The average Bonchev–Trinajstić information content (AvgIpc) is 2.03. The normalized spacial score (nSPS) is 12.2. The molecule has 0 rings (SSSR count). The van der Waals surface area contributed by atoms with Crippen LogP contribution in [0.3, 0.4) is 0 Å². The van der Waals surface area contributed by atoms with E-state index in [2.05, 4.69) is 33.8 Å². The van der Waals surface area contributed by atoms with Gasteiger partial charge in [0, 0.05) is 6.42 Å². The molecule has 0 aromatic carbocycles. The second-order valence-electron chi connectivity index (χ2n) is 4.25. The Bertz CT molecular complexity index is 176. The van der Waals surface area contributed by atoms with Gasteiger partial charge in [0.05, 0.1) is 6.07 Å². The van der Waals surface area contributed by atoms with Gasteiger partial charge in [0.1, 0.15) is 0 Å². The van der Waals surface area contributed by atoms with Crippen molar-refractivity contribution in [1.29, 1.82) is 5.26 Å². The Kier molecular flexibility index (Phi) is 5.67. The van der Waals surface area contributed by atoms with Crippen LogP contribution in [0.2, 0.25) is 17.1 Å². The lowest BCUT2D eigenvalue weighted by molar-refractivity contribution is 0.857. The molecule has 0 fully saturated rings. The van der Waals surface area contributed by atoms with E-state index in [1.807, 2.05) is 0 Å². The molecule has 13 heavy (non-hydrogen) atoms. The molecule has 0 amide bonds. The summed E-state index contributed by atoms with van der Waals surface area (Å²) in [6.07, 6.45) is 1.63. The molecule has 1 nitrogen and oxygen atoms in total. The smallest absolute Gasteiger partial charge is 0.161 e. The quantitative estimate of drug-likeness (QED) is 0.383. The van der Waals surface area contributed by atoms with E-state index in [0.29, 0.717) is 17.5 Å². The Hall–Kier alpha value is -0.00312. The van der Waals surface area contributed by atoms with Crippen LogP contribution in [0, 0.1) is 11.3 Å². The number of nitriles is 1. The molecule has 0 unspecified atom stereocenters. The highest BCUT2D eigenvalue weighted by atomic mass is 35.6. The minimum atomic E-state index is -1.62. The first-order valence-electron chi connectivity index (χ1n) is 5.01. The highest BCUT2D eigenvalue weighted by Crippen LogP contribution is 2.40. The Labute approximate surface area is 87.8 Å². The van der Waals surface area contributed by atoms with Crippen LogP contribution in [0.25, 0.3) is 0 Å². The van der Waals surface area contributed by atoms with E-state index in [-0.39, 0.29) is 0 Å². The van der Waals surface area contributed by atoms with Crippen LogP contribution in [0.4, 0.5) is 0 Å². The molecule has 0 bridgehead atoms. The molecule has 0 saturated carbocycles. The Morgan fingerprint density at radius 1 is 1.23 bits per heavy atom. The third-order valence-corrected chi connectivity index (χ3v) is 10.9. The number of rotatable bonds is 5. The van der Waals surface area contributed by atoms with E-state index in [9.17, 15) is 0 Å². The van der Waals surface area contributed by atoms with Crippen LogP contribution < -0.4 is 0 Å². The maximum absolute atomic E-state index is 8.46. The van der Waals surface area contributed by atoms with Gasteiger partial charge in [-0.2, -0.15) is 16.3 Å². The monoisotopic (exact) mass is 217 g/mol. The molecule has 0 aliphatic rings. The van der Waals surface area contributed by atoms with Crippen LogP contribution in [-0.4, -0.2) is 7.38 Å². The minimum absolute atomic E-state index is 0.604. The first-order chi connectivity index (χ1) is 5.95. The fourth-order valence-electron chi connectivity index (χ4n) is 1.68. The summed E-state index contributed by atoms with van der Waals surface area (Å²) in [6, 6.07) is 3.26. The van der Waals surface area contributed by atoms with E-state index < -0.39 is 7.38 Å². The van der Waals surface area contributed by atoms with Crippen molar-refractivity contribution in [2.45, 2.75) is 57.7 Å². The third-order valence-electron chi connectivity index (χ3n) is 2.77. The van der Waals surface area contributed by atoms with Gasteiger partial charge >= 0.3 is 0 Å². The Balaban J connectivity index is 4.19. The molecule has 0 aromatic heterocycles. The van der Waals surface area contributed by atoms with Crippen LogP contribution >= 0.6 is 11.1 Å². The predicted molar refractivity (Wildman–Crippen MR) is 61.5 cm³/mol. The minimum Gasteiger partial charge on any atom is -0.198 e. The summed E-state index contributed by atoms with van der Waals surface area (Å²) in [5.41, 5.74) is 1.21. The van der Waals surface area contributed by atoms with Gasteiger partial charge in [0.2, 0.25) is 0 Å². The molecule has 0 saturated heterocycles. The predicted octanol–water partition coefficient (Wildman–Crippen LogP) is 4.29. The highest BCUT2D eigenvalue weighted by Gasteiger charge is 2.37. The molecule has 0 heterocycles. The number of halogens is 1.